The van der Waals surface area contributed by atoms with Crippen LogP contribution in [0.3, 0.4) is 0 Å². The number of rotatable bonds is 7. The summed E-state index contributed by atoms with van der Waals surface area (Å²) in [6, 6.07) is 5.86. The van der Waals surface area contributed by atoms with Gasteiger partial charge in [0.15, 0.2) is 0 Å². The molecule has 26 heavy (non-hydrogen) atoms. The van der Waals surface area contributed by atoms with Crippen LogP contribution in [0.2, 0.25) is 0 Å². The summed E-state index contributed by atoms with van der Waals surface area (Å²) >= 11 is 0. The molecule has 8 nitrogen and oxygen atoms in total. The van der Waals surface area contributed by atoms with Crippen LogP contribution in [0.4, 0.5) is 0 Å². The monoisotopic (exact) mass is 384 g/mol. The van der Waals surface area contributed by atoms with Crippen molar-refractivity contribution >= 4 is 22.0 Å². The van der Waals surface area contributed by atoms with E-state index >= 15 is 0 Å². The molecule has 1 N–H and O–H groups in total. The average molecular weight is 384 g/mol. The molecule has 0 aromatic heterocycles. The van der Waals surface area contributed by atoms with E-state index in [1.807, 2.05) is 0 Å². The smallest absolute Gasteiger partial charge is 0.338 e. The van der Waals surface area contributed by atoms with Crippen molar-refractivity contribution in [3.63, 3.8) is 0 Å². The molecule has 1 aliphatic heterocycles. The summed E-state index contributed by atoms with van der Waals surface area (Å²) in [5, 5.41) is 8.87. The summed E-state index contributed by atoms with van der Waals surface area (Å²) in [6.07, 6.45) is 1.11. The molecule has 1 aliphatic rings. The second-order valence-corrected chi connectivity index (χ2v) is 8.13. The zero-order chi connectivity index (χ0) is 19.3. The zero-order valence-corrected chi connectivity index (χ0v) is 15.7. The molecule has 1 heterocycles. The third-order valence-electron chi connectivity index (χ3n) is 4.41. The highest BCUT2D eigenvalue weighted by Gasteiger charge is 2.31. The molecular weight excluding hydrogens is 360 g/mol. The van der Waals surface area contributed by atoms with E-state index in [0.29, 0.717) is 25.9 Å². The minimum atomic E-state index is -3.71. The first-order chi connectivity index (χ1) is 12.3. The Hall–Kier alpha value is -1.97. The number of benzene rings is 1. The number of hydrogen-bond acceptors (Lipinski definition) is 6. The van der Waals surface area contributed by atoms with Gasteiger partial charge >= 0.3 is 11.9 Å². The van der Waals surface area contributed by atoms with Crippen LogP contribution in [0.25, 0.3) is 0 Å². The largest absolute Gasteiger partial charge is 0.480 e. The maximum absolute atomic E-state index is 12.8. The molecule has 144 valence electrons. The van der Waals surface area contributed by atoms with Crippen LogP contribution in [0.5, 0.6) is 0 Å². The number of piperidine rings is 1. The van der Waals surface area contributed by atoms with Gasteiger partial charge in [0.05, 0.1) is 23.6 Å². The molecule has 0 atom stereocenters. The van der Waals surface area contributed by atoms with Gasteiger partial charge in [-0.2, -0.15) is 4.31 Å². The van der Waals surface area contributed by atoms with Crippen molar-refractivity contribution in [2.75, 3.05) is 33.3 Å². The first-order valence-electron chi connectivity index (χ1n) is 8.45. The van der Waals surface area contributed by atoms with Gasteiger partial charge in [-0.1, -0.05) is 6.07 Å². The van der Waals surface area contributed by atoms with Gasteiger partial charge in [0.1, 0.15) is 0 Å². The predicted molar refractivity (Wildman–Crippen MR) is 94.4 cm³/mol. The number of hydrogen-bond donors (Lipinski definition) is 1. The van der Waals surface area contributed by atoms with Crippen LogP contribution in [-0.2, 0) is 19.6 Å². The minimum absolute atomic E-state index is 0.0309. The highest BCUT2D eigenvalue weighted by Crippen LogP contribution is 2.23. The molecule has 2 rings (SSSR count). The number of aliphatic carboxylic acids is 1. The lowest BCUT2D eigenvalue weighted by Crippen LogP contribution is -2.46. The Morgan fingerprint density at radius 2 is 1.96 bits per heavy atom. The predicted octanol–water partition coefficient (Wildman–Crippen LogP) is 1.03. The minimum Gasteiger partial charge on any atom is -0.480 e. The van der Waals surface area contributed by atoms with Crippen molar-refractivity contribution in [2.45, 2.75) is 30.7 Å². The Bertz CT molecular complexity index is 756. The van der Waals surface area contributed by atoms with Gasteiger partial charge in [0.2, 0.25) is 10.0 Å². The van der Waals surface area contributed by atoms with E-state index in [1.165, 1.54) is 28.6 Å². The fraction of sp³-hybridized carbons (Fsp3) is 0.529. The number of carbonyl (C=O) groups is 2. The quantitative estimate of drug-likeness (QED) is 0.700. The summed E-state index contributed by atoms with van der Waals surface area (Å²) in [7, 11) is -1.99. The topological polar surface area (TPSA) is 104 Å². The lowest BCUT2D eigenvalue weighted by Gasteiger charge is -2.35. The first-order valence-corrected chi connectivity index (χ1v) is 9.89. The highest BCUT2D eigenvalue weighted by molar-refractivity contribution is 7.89. The molecule has 0 unspecified atom stereocenters. The molecule has 0 spiro atoms. The molecule has 0 radical (unpaired) electrons. The standard InChI is InChI=1S/C17H24N2O6S/c1-3-25-17(22)13-5-4-6-15(11-13)26(23,24)19-9-7-14(8-10-19)18(2)12-16(20)21/h4-6,11,14H,3,7-10,12H2,1-2H3,(H,20,21). The van der Waals surface area contributed by atoms with Gasteiger partial charge in [-0.05, 0) is 45.0 Å². The van der Waals surface area contributed by atoms with Crippen LogP contribution in [0, 0.1) is 0 Å². The number of ether oxygens (including phenoxy) is 1. The summed E-state index contributed by atoms with van der Waals surface area (Å²) in [6.45, 7) is 2.44. The molecule has 0 saturated carbocycles. The second kappa shape index (κ2) is 8.61. The van der Waals surface area contributed by atoms with Crippen molar-refractivity contribution in [1.29, 1.82) is 0 Å². The third kappa shape index (κ3) is 4.80. The van der Waals surface area contributed by atoms with Crippen LogP contribution >= 0.6 is 0 Å². The van der Waals surface area contributed by atoms with Crippen molar-refractivity contribution in [1.82, 2.24) is 9.21 Å². The molecule has 1 aromatic carbocycles. The Balaban J connectivity index is 2.09. The van der Waals surface area contributed by atoms with Crippen molar-refractivity contribution < 1.29 is 27.9 Å². The number of carboxylic acids is 1. The zero-order valence-electron chi connectivity index (χ0n) is 14.9. The first kappa shape index (κ1) is 20.3. The van der Waals surface area contributed by atoms with Gasteiger partial charge in [-0.3, -0.25) is 9.69 Å². The number of likely N-dealkylation sites (N-methyl/N-ethyl adjacent to an activating group) is 1. The maximum Gasteiger partial charge on any atom is 0.338 e. The van der Waals surface area contributed by atoms with Crippen molar-refractivity contribution in [2.24, 2.45) is 0 Å². The van der Waals surface area contributed by atoms with E-state index in [1.54, 1.807) is 18.9 Å². The van der Waals surface area contributed by atoms with Crippen LogP contribution < -0.4 is 0 Å². The second-order valence-electron chi connectivity index (χ2n) is 6.19. The molecule has 0 amide bonds. The van der Waals surface area contributed by atoms with E-state index in [2.05, 4.69) is 0 Å². The van der Waals surface area contributed by atoms with Gasteiger partial charge in [0.25, 0.3) is 0 Å². The van der Waals surface area contributed by atoms with E-state index in [-0.39, 0.29) is 29.7 Å². The molecule has 9 heteroatoms. The van der Waals surface area contributed by atoms with Crippen molar-refractivity contribution in [3.05, 3.63) is 29.8 Å². The molecule has 0 bridgehead atoms. The Labute approximate surface area is 153 Å². The van der Waals surface area contributed by atoms with E-state index in [0.717, 1.165) is 0 Å². The number of carboxylic acid groups (broad SMARTS) is 1. The summed E-state index contributed by atoms with van der Waals surface area (Å²) in [5.74, 6) is -1.46. The summed E-state index contributed by atoms with van der Waals surface area (Å²) in [4.78, 5) is 24.4. The molecule has 1 fully saturated rings. The molecule has 1 aromatic rings. The Morgan fingerprint density at radius 1 is 1.31 bits per heavy atom. The van der Waals surface area contributed by atoms with Gasteiger partial charge in [0, 0.05) is 19.1 Å². The average Bonchev–Trinajstić information content (AvgIpc) is 2.61. The summed E-state index contributed by atoms with van der Waals surface area (Å²) < 4.78 is 32.0. The van der Waals surface area contributed by atoms with Gasteiger partial charge < -0.3 is 9.84 Å². The lowest BCUT2D eigenvalue weighted by molar-refractivity contribution is -0.138. The fourth-order valence-electron chi connectivity index (χ4n) is 3.01. The Morgan fingerprint density at radius 3 is 2.54 bits per heavy atom. The SMILES string of the molecule is CCOC(=O)c1cccc(S(=O)(=O)N2CCC(N(C)CC(=O)O)CC2)c1. The van der Waals surface area contributed by atoms with Gasteiger partial charge in [-0.25, -0.2) is 13.2 Å². The molecule has 1 saturated heterocycles. The van der Waals surface area contributed by atoms with Crippen LogP contribution in [-0.4, -0.2) is 74.0 Å². The third-order valence-corrected chi connectivity index (χ3v) is 6.31. The number of carbonyl (C=O) groups excluding carboxylic acids is 1. The highest BCUT2D eigenvalue weighted by atomic mass is 32.2. The number of nitrogens with zero attached hydrogens (tertiary/aromatic N) is 2. The summed E-state index contributed by atoms with van der Waals surface area (Å²) in [5.41, 5.74) is 0.198. The fourth-order valence-corrected chi connectivity index (χ4v) is 4.53. The van der Waals surface area contributed by atoms with E-state index in [4.69, 9.17) is 9.84 Å². The van der Waals surface area contributed by atoms with Crippen LogP contribution in [0.1, 0.15) is 30.1 Å². The number of esters is 1. The molecule has 0 aliphatic carbocycles. The number of sulfonamides is 1. The van der Waals surface area contributed by atoms with Gasteiger partial charge in [-0.15, -0.1) is 0 Å². The van der Waals surface area contributed by atoms with Crippen molar-refractivity contribution in [3.8, 4) is 0 Å². The Kier molecular flexibility index (Phi) is 6.74. The lowest BCUT2D eigenvalue weighted by atomic mass is 10.1. The van der Waals surface area contributed by atoms with E-state index in [9.17, 15) is 18.0 Å². The molecular formula is C17H24N2O6S. The normalized spacial score (nSPS) is 16.6. The maximum atomic E-state index is 12.8. The van der Waals surface area contributed by atoms with E-state index < -0.39 is 22.0 Å². The van der Waals surface area contributed by atoms with Crippen LogP contribution in [0.15, 0.2) is 29.2 Å².